The van der Waals surface area contributed by atoms with Crippen molar-refractivity contribution in [2.24, 2.45) is 0 Å². The molecule has 0 bridgehead atoms. The van der Waals surface area contributed by atoms with Gasteiger partial charge in [0, 0.05) is 9.75 Å². The van der Waals surface area contributed by atoms with Gasteiger partial charge in [-0.15, -0.1) is 11.3 Å². The molecular weight excluding hydrogens is 265 g/mol. The lowest BCUT2D eigenvalue weighted by atomic mass is 10.2. The molecular formula is C14H14FNO2S. The molecule has 5 heteroatoms. The minimum Gasteiger partial charge on any atom is -0.479 e. The van der Waals surface area contributed by atoms with Crippen LogP contribution in [-0.2, 0) is 11.2 Å². The fourth-order valence-corrected chi connectivity index (χ4v) is 2.72. The second kappa shape index (κ2) is 5.84. The number of para-hydroxylation sites is 1. The van der Waals surface area contributed by atoms with Gasteiger partial charge in [0.05, 0.1) is 5.69 Å². The smallest absolute Gasteiger partial charge is 0.331 e. The van der Waals surface area contributed by atoms with Crippen molar-refractivity contribution in [2.45, 2.75) is 19.4 Å². The van der Waals surface area contributed by atoms with Crippen molar-refractivity contribution in [2.75, 3.05) is 5.32 Å². The molecule has 0 aliphatic carbocycles. The monoisotopic (exact) mass is 279 g/mol. The predicted molar refractivity (Wildman–Crippen MR) is 74.1 cm³/mol. The first-order valence-corrected chi connectivity index (χ1v) is 6.76. The number of carbonyl (C=O) groups is 1. The highest BCUT2D eigenvalue weighted by Gasteiger charge is 2.22. The van der Waals surface area contributed by atoms with Crippen molar-refractivity contribution < 1.29 is 14.3 Å². The molecule has 0 fully saturated rings. The summed E-state index contributed by atoms with van der Waals surface area (Å²) in [6, 6.07) is 8.80. The number of halogens is 1. The number of carboxylic acids is 1. The predicted octanol–water partition coefficient (Wildman–Crippen LogP) is 3.69. The summed E-state index contributed by atoms with van der Waals surface area (Å²) in [6.45, 7) is 2.01. The van der Waals surface area contributed by atoms with Gasteiger partial charge < -0.3 is 10.4 Å². The molecule has 0 saturated carbocycles. The summed E-state index contributed by atoms with van der Waals surface area (Å²) in [5.41, 5.74) is 0.196. The zero-order chi connectivity index (χ0) is 13.8. The van der Waals surface area contributed by atoms with Crippen LogP contribution < -0.4 is 5.32 Å². The summed E-state index contributed by atoms with van der Waals surface area (Å²) in [4.78, 5) is 13.1. The number of rotatable bonds is 5. The van der Waals surface area contributed by atoms with Gasteiger partial charge in [-0.2, -0.15) is 0 Å². The van der Waals surface area contributed by atoms with Crippen molar-refractivity contribution in [1.82, 2.24) is 0 Å². The van der Waals surface area contributed by atoms with E-state index in [0.29, 0.717) is 4.88 Å². The Morgan fingerprint density at radius 3 is 2.68 bits per heavy atom. The van der Waals surface area contributed by atoms with E-state index in [2.05, 4.69) is 5.32 Å². The molecule has 1 aromatic carbocycles. The van der Waals surface area contributed by atoms with Crippen molar-refractivity contribution >= 4 is 23.0 Å². The highest BCUT2D eigenvalue weighted by Crippen LogP contribution is 2.28. The third-order valence-electron chi connectivity index (χ3n) is 2.74. The molecule has 19 heavy (non-hydrogen) atoms. The maximum Gasteiger partial charge on any atom is 0.331 e. The van der Waals surface area contributed by atoms with Gasteiger partial charge in [-0.05, 0) is 30.7 Å². The van der Waals surface area contributed by atoms with Crippen LogP contribution in [0.3, 0.4) is 0 Å². The van der Waals surface area contributed by atoms with E-state index in [-0.39, 0.29) is 5.69 Å². The second-order valence-electron chi connectivity index (χ2n) is 4.05. The first-order chi connectivity index (χ1) is 9.11. The molecule has 0 saturated heterocycles. The van der Waals surface area contributed by atoms with Gasteiger partial charge in [0.15, 0.2) is 6.04 Å². The number of nitrogens with one attached hydrogen (secondary N) is 1. The Balaban J connectivity index is 2.26. The summed E-state index contributed by atoms with van der Waals surface area (Å²) in [7, 11) is 0. The molecule has 3 nitrogen and oxygen atoms in total. The van der Waals surface area contributed by atoms with E-state index in [1.54, 1.807) is 18.2 Å². The van der Waals surface area contributed by atoms with Gasteiger partial charge in [0.1, 0.15) is 5.82 Å². The number of thiophene rings is 1. The Labute approximate surface area is 114 Å². The third-order valence-corrected chi connectivity index (χ3v) is 4.03. The minimum absolute atomic E-state index is 0.196. The summed E-state index contributed by atoms with van der Waals surface area (Å²) in [6.07, 6.45) is 0.858. The third kappa shape index (κ3) is 3.12. The maximum atomic E-state index is 13.5. The number of hydrogen-bond donors (Lipinski definition) is 2. The van der Waals surface area contributed by atoms with Gasteiger partial charge in [-0.25, -0.2) is 9.18 Å². The van der Waals surface area contributed by atoms with Crippen molar-refractivity contribution in [3.63, 3.8) is 0 Å². The SMILES string of the molecule is CCc1ccc(C(Nc2ccccc2F)C(=O)O)s1. The lowest BCUT2D eigenvalue weighted by molar-refractivity contribution is -0.138. The first kappa shape index (κ1) is 13.5. The van der Waals surface area contributed by atoms with E-state index in [9.17, 15) is 14.3 Å². The van der Waals surface area contributed by atoms with Crippen LogP contribution >= 0.6 is 11.3 Å². The number of benzene rings is 1. The van der Waals surface area contributed by atoms with E-state index in [0.717, 1.165) is 11.3 Å². The van der Waals surface area contributed by atoms with Crippen LogP contribution in [0.5, 0.6) is 0 Å². The first-order valence-electron chi connectivity index (χ1n) is 5.94. The number of aliphatic carboxylic acids is 1. The molecule has 100 valence electrons. The molecule has 0 amide bonds. The fourth-order valence-electron chi connectivity index (χ4n) is 1.73. The molecule has 0 radical (unpaired) electrons. The van der Waals surface area contributed by atoms with Crippen molar-refractivity contribution in [3.8, 4) is 0 Å². The average Bonchev–Trinajstić information content (AvgIpc) is 2.86. The molecule has 0 aliphatic heterocycles. The Bertz CT molecular complexity index is 582. The summed E-state index contributed by atoms with van der Waals surface area (Å²) in [5, 5.41) is 12.0. The molecule has 2 rings (SSSR count). The highest BCUT2D eigenvalue weighted by molar-refractivity contribution is 7.12. The van der Waals surface area contributed by atoms with Crippen LogP contribution in [0.25, 0.3) is 0 Å². The van der Waals surface area contributed by atoms with E-state index >= 15 is 0 Å². The van der Waals surface area contributed by atoms with Gasteiger partial charge in [-0.1, -0.05) is 19.1 Å². The molecule has 0 aliphatic rings. The number of hydrogen-bond acceptors (Lipinski definition) is 3. The quantitative estimate of drug-likeness (QED) is 0.877. The zero-order valence-corrected chi connectivity index (χ0v) is 11.2. The molecule has 1 heterocycles. The summed E-state index contributed by atoms with van der Waals surface area (Å²) in [5.74, 6) is -1.48. The van der Waals surface area contributed by atoms with Crippen LogP contribution in [0.15, 0.2) is 36.4 Å². The van der Waals surface area contributed by atoms with Crippen LogP contribution in [-0.4, -0.2) is 11.1 Å². The molecule has 2 aromatic rings. The van der Waals surface area contributed by atoms with Crippen molar-refractivity contribution in [3.05, 3.63) is 52.0 Å². The van der Waals surface area contributed by atoms with E-state index in [1.807, 2.05) is 13.0 Å². The lowest BCUT2D eigenvalue weighted by Crippen LogP contribution is -2.20. The largest absolute Gasteiger partial charge is 0.479 e. The molecule has 0 spiro atoms. The average molecular weight is 279 g/mol. The van der Waals surface area contributed by atoms with Gasteiger partial charge in [0.2, 0.25) is 0 Å². The van der Waals surface area contributed by atoms with Gasteiger partial charge in [0.25, 0.3) is 0 Å². The summed E-state index contributed by atoms with van der Waals surface area (Å²) < 4.78 is 13.5. The topological polar surface area (TPSA) is 49.3 Å². The standard InChI is InChI=1S/C14H14FNO2S/c1-2-9-7-8-12(19-9)13(14(17)18)16-11-6-4-3-5-10(11)15/h3-8,13,16H,2H2,1H3,(H,17,18). The van der Waals surface area contributed by atoms with Crippen LogP contribution in [0, 0.1) is 5.82 Å². The van der Waals surface area contributed by atoms with Crippen LogP contribution in [0.1, 0.15) is 22.7 Å². The summed E-state index contributed by atoms with van der Waals surface area (Å²) >= 11 is 1.43. The fraction of sp³-hybridized carbons (Fsp3) is 0.214. The maximum absolute atomic E-state index is 13.5. The Kier molecular flexibility index (Phi) is 4.16. The molecule has 2 N–H and O–H groups in total. The molecule has 1 atom stereocenters. The lowest BCUT2D eigenvalue weighted by Gasteiger charge is -2.14. The second-order valence-corrected chi connectivity index (χ2v) is 5.25. The zero-order valence-electron chi connectivity index (χ0n) is 10.4. The normalized spacial score (nSPS) is 12.1. The van der Waals surface area contributed by atoms with Gasteiger partial charge in [-0.3, -0.25) is 0 Å². The van der Waals surface area contributed by atoms with Crippen LogP contribution in [0.2, 0.25) is 0 Å². The number of anilines is 1. The van der Waals surface area contributed by atoms with Crippen molar-refractivity contribution in [1.29, 1.82) is 0 Å². The number of aryl methyl sites for hydroxylation is 1. The van der Waals surface area contributed by atoms with Gasteiger partial charge >= 0.3 is 5.97 Å². The minimum atomic E-state index is -1.02. The Hall–Kier alpha value is -1.88. The van der Waals surface area contributed by atoms with E-state index in [1.165, 1.54) is 23.5 Å². The molecule has 1 aromatic heterocycles. The van der Waals surface area contributed by atoms with E-state index in [4.69, 9.17) is 0 Å². The van der Waals surface area contributed by atoms with Crippen LogP contribution in [0.4, 0.5) is 10.1 Å². The molecule has 1 unspecified atom stereocenters. The Morgan fingerprint density at radius 1 is 1.37 bits per heavy atom. The number of carboxylic acid groups (broad SMARTS) is 1. The Morgan fingerprint density at radius 2 is 2.11 bits per heavy atom. The van der Waals surface area contributed by atoms with E-state index < -0.39 is 17.8 Å². The highest BCUT2D eigenvalue weighted by atomic mass is 32.1.